The minimum atomic E-state index is -0.250. The van der Waals surface area contributed by atoms with Gasteiger partial charge in [0.05, 0.1) is 17.2 Å². The van der Waals surface area contributed by atoms with Crippen LogP contribution in [0.1, 0.15) is 30.9 Å². The quantitative estimate of drug-likeness (QED) is 0.794. The Hall–Kier alpha value is -2.95. The third kappa shape index (κ3) is 3.60. The first-order valence-electron chi connectivity index (χ1n) is 8.30. The van der Waals surface area contributed by atoms with E-state index in [9.17, 15) is 9.59 Å². The number of carbonyl (C=O) groups excluding carboxylic acids is 1. The predicted molar refractivity (Wildman–Crippen MR) is 99.9 cm³/mol. The summed E-state index contributed by atoms with van der Waals surface area (Å²) in [6.45, 7) is 6.16. The molecule has 3 aromatic rings. The molecule has 0 radical (unpaired) electrons. The molecule has 0 saturated heterocycles. The maximum atomic E-state index is 12.4. The van der Waals surface area contributed by atoms with Crippen molar-refractivity contribution in [3.8, 4) is 0 Å². The van der Waals surface area contributed by atoms with Gasteiger partial charge in [-0.1, -0.05) is 38.1 Å². The van der Waals surface area contributed by atoms with Crippen molar-refractivity contribution in [1.82, 2.24) is 9.55 Å². The topological polar surface area (TPSA) is 64.0 Å². The molecule has 0 unspecified atom stereocenters. The molecule has 2 aromatic carbocycles. The molecule has 0 aliphatic rings. The van der Waals surface area contributed by atoms with Crippen molar-refractivity contribution in [2.75, 3.05) is 5.32 Å². The molecule has 5 heteroatoms. The van der Waals surface area contributed by atoms with Crippen LogP contribution >= 0.6 is 0 Å². The molecule has 5 nitrogen and oxygen atoms in total. The highest BCUT2D eigenvalue weighted by Crippen LogP contribution is 2.21. The smallest absolute Gasteiger partial charge is 0.261 e. The predicted octanol–water partition coefficient (Wildman–Crippen LogP) is 3.47. The average molecular weight is 335 g/mol. The number of hydrogen-bond donors (Lipinski definition) is 1. The standard InChI is InChI=1S/C20H21N3O2/c1-13(2)15-8-9-17(14(3)10-15)22-19(24)11-23-12-21-18-7-5-4-6-16(18)20(23)25/h4-10,12-13H,11H2,1-3H3,(H,22,24). The SMILES string of the molecule is Cc1cc(C(C)C)ccc1NC(=O)Cn1cnc2ccccc2c1=O. The molecule has 0 bridgehead atoms. The maximum Gasteiger partial charge on any atom is 0.261 e. The zero-order chi connectivity index (χ0) is 18.0. The van der Waals surface area contributed by atoms with Crippen molar-refractivity contribution >= 4 is 22.5 Å². The number of amides is 1. The second kappa shape index (κ2) is 6.89. The Morgan fingerprint density at radius 3 is 2.68 bits per heavy atom. The van der Waals surface area contributed by atoms with Gasteiger partial charge in [0.15, 0.2) is 0 Å². The number of anilines is 1. The van der Waals surface area contributed by atoms with Gasteiger partial charge in [-0.15, -0.1) is 0 Å². The van der Waals surface area contributed by atoms with Crippen LogP contribution in [0, 0.1) is 6.92 Å². The summed E-state index contributed by atoms with van der Waals surface area (Å²) in [6.07, 6.45) is 1.42. The number of hydrogen-bond acceptors (Lipinski definition) is 3. The van der Waals surface area contributed by atoms with Crippen LogP contribution in [0.2, 0.25) is 0 Å². The van der Waals surface area contributed by atoms with Gasteiger partial charge in [0, 0.05) is 5.69 Å². The number of rotatable bonds is 4. The minimum absolute atomic E-state index is 0.0674. The zero-order valence-corrected chi connectivity index (χ0v) is 14.6. The van der Waals surface area contributed by atoms with E-state index in [-0.39, 0.29) is 18.0 Å². The van der Waals surface area contributed by atoms with Gasteiger partial charge >= 0.3 is 0 Å². The average Bonchev–Trinajstić information content (AvgIpc) is 2.59. The monoisotopic (exact) mass is 335 g/mol. The van der Waals surface area contributed by atoms with Crippen LogP contribution in [-0.2, 0) is 11.3 Å². The maximum absolute atomic E-state index is 12.4. The number of nitrogens with one attached hydrogen (secondary N) is 1. The first kappa shape index (κ1) is 16.9. The summed E-state index contributed by atoms with van der Waals surface area (Å²) >= 11 is 0. The fraction of sp³-hybridized carbons (Fsp3) is 0.250. The zero-order valence-electron chi connectivity index (χ0n) is 14.6. The number of fused-ring (bicyclic) bond motifs is 1. The van der Waals surface area contributed by atoms with Crippen molar-refractivity contribution in [3.63, 3.8) is 0 Å². The normalized spacial score (nSPS) is 11.0. The Balaban J connectivity index is 1.79. The van der Waals surface area contributed by atoms with Crippen LogP contribution in [0.5, 0.6) is 0 Å². The lowest BCUT2D eigenvalue weighted by atomic mass is 10.0. The van der Waals surface area contributed by atoms with E-state index < -0.39 is 0 Å². The first-order chi connectivity index (χ1) is 12.0. The summed E-state index contributed by atoms with van der Waals surface area (Å²) in [4.78, 5) is 29.0. The summed E-state index contributed by atoms with van der Waals surface area (Å²) < 4.78 is 1.33. The van der Waals surface area contributed by atoms with E-state index in [0.717, 1.165) is 11.3 Å². The summed E-state index contributed by atoms with van der Waals surface area (Å²) in [7, 11) is 0. The second-order valence-electron chi connectivity index (χ2n) is 6.47. The van der Waals surface area contributed by atoms with Crippen LogP contribution < -0.4 is 10.9 Å². The van der Waals surface area contributed by atoms with E-state index in [1.807, 2.05) is 25.1 Å². The van der Waals surface area contributed by atoms with Gasteiger partial charge in [-0.25, -0.2) is 4.98 Å². The Morgan fingerprint density at radius 2 is 1.96 bits per heavy atom. The van der Waals surface area contributed by atoms with E-state index in [2.05, 4.69) is 30.2 Å². The van der Waals surface area contributed by atoms with E-state index in [1.54, 1.807) is 18.2 Å². The highest BCUT2D eigenvalue weighted by atomic mass is 16.2. The van der Waals surface area contributed by atoms with E-state index in [1.165, 1.54) is 16.5 Å². The fourth-order valence-corrected chi connectivity index (χ4v) is 2.75. The van der Waals surface area contributed by atoms with Crippen LogP contribution in [0.3, 0.4) is 0 Å². The Morgan fingerprint density at radius 1 is 1.20 bits per heavy atom. The number of carbonyl (C=O) groups is 1. The lowest BCUT2D eigenvalue weighted by Gasteiger charge is -2.12. The highest BCUT2D eigenvalue weighted by Gasteiger charge is 2.10. The summed E-state index contributed by atoms with van der Waals surface area (Å²) in [5, 5.41) is 3.38. The van der Waals surface area contributed by atoms with Crippen molar-refractivity contribution < 1.29 is 4.79 Å². The largest absolute Gasteiger partial charge is 0.324 e. The molecule has 1 amide bonds. The molecule has 1 N–H and O–H groups in total. The first-order valence-corrected chi connectivity index (χ1v) is 8.30. The number of nitrogens with zero attached hydrogens (tertiary/aromatic N) is 2. The molecule has 0 spiro atoms. The van der Waals surface area contributed by atoms with Crippen molar-refractivity contribution in [3.05, 3.63) is 70.3 Å². The molecule has 0 atom stereocenters. The lowest BCUT2D eigenvalue weighted by molar-refractivity contribution is -0.116. The van der Waals surface area contributed by atoms with Crippen LogP contribution in [0.15, 0.2) is 53.6 Å². The van der Waals surface area contributed by atoms with Crippen LogP contribution in [0.25, 0.3) is 10.9 Å². The molecule has 0 fully saturated rings. The van der Waals surface area contributed by atoms with Gasteiger partial charge < -0.3 is 5.32 Å². The third-order valence-electron chi connectivity index (χ3n) is 4.24. The molecule has 1 heterocycles. The molecular formula is C20H21N3O2. The molecular weight excluding hydrogens is 314 g/mol. The fourth-order valence-electron chi connectivity index (χ4n) is 2.75. The molecule has 3 rings (SSSR count). The second-order valence-corrected chi connectivity index (χ2v) is 6.47. The van der Waals surface area contributed by atoms with Gasteiger partial charge in [-0.2, -0.15) is 0 Å². The third-order valence-corrected chi connectivity index (χ3v) is 4.24. The van der Waals surface area contributed by atoms with E-state index >= 15 is 0 Å². The molecule has 0 aliphatic carbocycles. The minimum Gasteiger partial charge on any atom is -0.324 e. The van der Waals surface area contributed by atoms with Crippen molar-refractivity contribution in [2.24, 2.45) is 0 Å². The van der Waals surface area contributed by atoms with Crippen molar-refractivity contribution in [2.45, 2.75) is 33.2 Å². The van der Waals surface area contributed by atoms with Gasteiger partial charge in [-0.05, 0) is 42.2 Å². The Bertz CT molecular complexity index is 990. The molecule has 25 heavy (non-hydrogen) atoms. The van der Waals surface area contributed by atoms with Gasteiger partial charge in [0.1, 0.15) is 6.54 Å². The Labute approximate surface area is 146 Å². The molecule has 1 aromatic heterocycles. The Kier molecular flexibility index (Phi) is 4.65. The number of para-hydroxylation sites is 1. The number of benzene rings is 2. The summed E-state index contributed by atoms with van der Waals surface area (Å²) in [6, 6.07) is 13.1. The van der Waals surface area contributed by atoms with E-state index in [4.69, 9.17) is 0 Å². The summed E-state index contributed by atoms with van der Waals surface area (Å²) in [5.41, 5.74) is 3.40. The van der Waals surface area contributed by atoms with Gasteiger partial charge in [0.25, 0.3) is 5.56 Å². The summed E-state index contributed by atoms with van der Waals surface area (Å²) in [5.74, 6) is 0.185. The molecule has 128 valence electrons. The van der Waals surface area contributed by atoms with E-state index in [0.29, 0.717) is 16.8 Å². The van der Waals surface area contributed by atoms with Crippen LogP contribution in [0.4, 0.5) is 5.69 Å². The van der Waals surface area contributed by atoms with Crippen LogP contribution in [-0.4, -0.2) is 15.5 Å². The molecule has 0 saturated carbocycles. The highest BCUT2D eigenvalue weighted by molar-refractivity contribution is 5.91. The number of aryl methyl sites for hydroxylation is 1. The van der Waals surface area contributed by atoms with Crippen molar-refractivity contribution in [1.29, 1.82) is 0 Å². The van der Waals surface area contributed by atoms with Gasteiger partial charge in [-0.3, -0.25) is 14.2 Å². The molecule has 0 aliphatic heterocycles. The number of aromatic nitrogens is 2. The lowest BCUT2D eigenvalue weighted by Crippen LogP contribution is -2.28. The van der Waals surface area contributed by atoms with Gasteiger partial charge in [0.2, 0.25) is 5.91 Å².